The summed E-state index contributed by atoms with van der Waals surface area (Å²) < 4.78 is 13.5. The van der Waals surface area contributed by atoms with E-state index in [0.29, 0.717) is 30.0 Å². The van der Waals surface area contributed by atoms with Gasteiger partial charge in [-0.2, -0.15) is 0 Å². The van der Waals surface area contributed by atoms with Crippen LogP contribution in [0.15, 0.2) is 18.2 Å². The van der Waals surface area contributed by atoms with Gasteiger partial charge in [-0.3, -0.25) is 14.5 Å². The molecular formula is C18H22FN3O3. The van der Waals surface area contributed by atoms with Crippen molar-refractivity contribution >= 4 is 23.5 Å². The Labute approximate surface area is 145 Å². The number of hydrogen-bond donors (Lipinski definition) is 2. The zero-order valence-electron chi connectivity index (χ0n) is 14.4. The summed E-state index contributed by atoms with van der Waals surface area (Å²) in [4.78, 5) is 38.0. The second-order valence-corrected chi connectivity index (χ2v) is 7.10. The maximum atomic E-state index is 13.5. The van der Waals surface area contributed by atoms with Gasteiger partial charge in [0.2, 0.25) is 5.91 Å². The van der Waals surface area contributed by atoms with Crippen molar-refractivity contribution in [2.75, 3.05) is 11.9 Å². The summed E-state index contributed by atoms with van der Waals surface area (Å²) in [5.74, 6) is -0.769. The summed E-state index contributed by atoms with van der Waals surface area (Å²) in [6, 6.07) is 3.80. The lowest BCUT2D eigenvalue weighted by Gasteiger charge is -2.33. The molecule has 1 saturated carbocycles. The van der Waals surface area contributed by atoms with Crippen molar-refractivity contribution in [3.05, 3.63) is 29.6 Å². The first-order chi connectivity index (χ1) is 11.8. The molecule has 0 unspecified atom stereocenters. The first-order valence-electron chi connectivity index (χ1n) is 8.51. The normalized spacial score (nSPS) is 26.0. The summed E-state index contributed by atoms with van der Waals surface area (Å²) >= 11 is 0. The van der Waals surface area contributed by atoms with Gasteiger partial charge in [0.05, 0.1) is 0 Å². The molecule has 1 aliphatic carbocycles. The first kappa shape index (κ1) is 17.4. The van der Waals surface area contributed by atoms with Gasteiger partial charge in [0.15, 0.2) is 0 Å². The Bertz CT molecular complexity index is 726. The van der Waals surface area contributed by atoms with Gasteiger partial charge in [-0.15, -0.1) is 0 Å². The van der Waals surface area contributed by atoms with E-state index in [-0.39, 0.29) is 12.5 Å². The van der Waals surface area contributed by atoms with Crippen molar-refractivity contribution in [1.82, 2.24) is 10.2 Å². The lowest BCUT2D eigenvalue weighted by molar-refractivity contribution is -0.135. The molecule has 1 aromatic carbocycles. The van der Waals surface area contributed by atoms with E-state index in [1.807, 2.05) is 0 Å². The highest BCUT2D eigenvalue weighted by atomic mass is 19.1. The van der Waals surface area contributed by atoms with E-state index < -0.39 is 23.3 Å². The number of halogens is 1. The highest BCUT2D eigenvalue weighted by Gasteiger charge is 2.52. The van der Waals surface area contributed by atoms with E-state index in [4.69, 9.17) is 0 Å². The number of anilines is 1. The average molecular weight is 347 g/mol. The number of urea groups is 1. The van der Waals surface area contributed by atoms with E-state index in [0.717, 1.165) is 17.7 Å². The molecule has 0 radical (unpaired) electrons. The number of rotatable bonds is 3. The van der Waals surface area contributed by atoms with Crippen molar-refractivity contribution < 1.29 is 18.8 Å². The van der Waals surface area contributed by atoms with Gasteiger partial charge in [0.1, 0.15) is 17.9 Å². The number of carbonyl (C=O) groups excluding carboxylic acids is 3. The summed E-state index contributed by atoms with van der Waals surface area (Å²) in [5.41, 5.74) is -0.0956. The predicted octanol–water partition coefficient (Wildman–Crippen LogP) is 2.57. The molecular weight excluding hydrogens is 325 g/mol. The number of carbonyl (C=O) groups is 3. The van der Waals surface area contributed by atoms with E-state index >= 15 is 0 Å². The number of aryl methyl sites for hydroxylation is 1. The average Bonchev–Trinajstić information content (AvgIpc) is 2.78. The topological polar surface area (TPSA) is 78.5 Å². The molecule has 7 heteroatoms. The third-order valence-corrected chi connectivity index (χ3v) is 5.13. The Morgan fingerprint density at radius 1 is 1.36 bits per heavy atom. The highest BCUT2D eigenvalue weighted by Crippen LogP contribution is 2.36. The molecule has 1 aromatic rings. The van der Waals surface area contributed by atoms with Crippen molar-refractivity contribution in [1.29, 1.82) is 0 Å². The summed E-state index contributed by atoms with van der Waals surface area (Å²) in [7, 11) is 0. The molecule has 2 fully saturated rings. The maximum absolute atomic E-state index is 13.5. The van der Waals surface area contributed by atoms with Gasteiger partial charge in [-0.1, -0.05) is 13.0 Å². The van der Waals surface area contributed by atoms with E-state index in [9.17, 15) is 18.8 Å². The number of imide groups is 1. The Hall–Kier alpha value is -2.44. The van der Waals surface area contributed by atoms with Crippen LogP contribution in [0.3, 0.4) is 0 Å². The molecule has 2 aliphatic rings. The number of nitrogens with one attached hydrogen (secondary N) is 2. The minimum absolute atomic E-state index is 0.293. The number of benzene rings is 1. The molecule has 0 atom stereocenters. The van der Waals surface area contributed by atoms with Crippen LogP contribution in [0.25, 0.3) is 0 Å². The van der Waals surface area contributed by atoms with Crippen LogP contribution in [0, 0.1) is 18.7 Å². The quantitative estimate of drug-likeness (QED) is 0.825. The SMILES string of the molecule is Cc1ccc(NC(=O)CN2C(=O)NC3(CCC(C)CC3)C2=O)cc1F. The number of hydrogen-bond acceptors (Lipinski definition) is 3. The Morgan fingerprint density at radius 2 is 2.04 bits per heavy atom. The van der Waals surface area contributed by atoms with Gasteiger partial charge >= 0.3 is 6.03 Å². The van der Waals surface area contributed by atoms with Gasteiger partial charge in [0, 0.05) is 5.69 Å². The van der Waals surface area contributed by atoms with Gasteiger partial charge < -0.3 is 10.6 Å². The van der Waals surface area contributed by atoms with Gasteiger partial charge in [0.25, 0.3) is 5.91 Å². The van der Waals surface area contributed by atoms with Crippen LogP contribution >= 0.6 is 0 Å². The van der Waals surface area contributed by atoms with E-state index in [1.165, 1.54) is 6.07 Å². The van der Waals surface area contributed by atoms with Crippen LogP contribution in [-0.2, 0) is 9.59 Å². The third kappa shape index (κ3) is 3.36. The second kappa shape index (κ2) is 6.46. The largest absolute Gasteiger partial charge is 0.325 e. The fourth-order valence-electron chi connectivity index (χ4n) is 3.43. The van der Waals surface area contributed by atoms with Crippen molar-refractivity contribution in [2.45, 2.75) is 45.1 Å². The number of amides is 4. The Balaban J connectivity index is 1.66. The summed E-state index contributed by atoms with van der Waals surface area (Å²) in [5, 5.41) is 5.30. The molecule has 0 aromatic heterocycles. The van der Waals surface area contributed by atoms with Crippen LogP contribution < -0.4 is 10.6 Å². The smallest absolute Gasteiger partial charge is 0.324 e. The first-order valence-corrected chi connectivity index (χ1v) is 8.51. The molecule has 0 bridgehead atoms. The standard InChI is InChI=1S/C18H22FN3O3/c1-11-5-7-18(8-6-11)16(24)22(17(25)21-18)10-15(23)20-13-4-3-12(2)14(19)9-13/h3-4,9,11H,5-8,10H2,1-2H3,(H,20,23)(H,21,25). The zero-order valence-corrected chi connectivity index (χ0v) is 14.4. The molecule has 134 valence electrons. The van der Waals surface area contributed by atoms with E-state index in [1.54, 1.807) is 19.1 Å². The van der Waals surface area contributed by atoms with Crippen LogP contribution in [0.2, 0.25) is 0 Å². The summed E-state index contributed by atoms with van der Waals surface area (Å²) in [6.45, 7) is 3.37. The Kier molecular flexibility index (Phi) is 4.49. The highest BCUT2D eigenvalue weighted by molar-refractivity contribution is 6.10. The molecule has 4 amide bonds. The Morgan fingerprint density at radius 3 is 2.68 bits per heavy atom. The summed E-state index contributed by atoms with van der Waals surface area (Å²) in [6.07, 6.45) is 2.93. The molecule has 6 nitrogen and oxygen atoms in total. The molecule has 1 saturated heterocycles. The lowest BCUT2D eigenvalue weighted by Crippen LogP contribution is -2.49. The molecule has 2 N–H and O–H groups in total. The molecule has 25 heavy (non-hydrogen) atoms. The van der Waals surface area contributed by atoms with Crippen molar-refractivity contribution in [2.24, 2.45) is 5.92 Å². The lowest BCUT2D eigenvalue weighted by atomic mass is 9.77. The third-order valence-electron chi connectivity index (χ3n) is 5.13. The van der Waals surface area contributed by atoms with Crippen molar-refractivity contribution in [3.8, 4) is 0 Å². The van der Waals surface area contributed by atoms with Crippen LogP contribution in [0.1, 0.15) is 38.2 Å². The zero-order chi connectivity index (χ0) is 18.2. The predicted molar refractivity (Wildman–Crippen MR) is 90.4 cm³/mol. The fourth-order valence-corrected chi connectivity index (χ4v) is 3.43. The number of nitrogens with zero attached hydrogens (tertiary/aromatic N) is 1. The molecule has 1 heterocycles. The minimum atomic E-state index is -0.861. The minimum Gasteiger partial charge on any atom is -0.324 e. The molecule has 1 spiro atoms. The maximum Gasteiger partial charge on any atom is 0.325 e. The van der Waals surface area contributed by atoms with Gasteiger partial charge in [-0.25, -0.2) is 9.18 Å². The monoisotopic (exact) mass is 347 g/mol. The van der Waals surface area contributed by atoms with Crippen molar-refractivity contribution in [3.63, 3.8) is 0 Å². The van der Waals surface area contributed by atoms with Gasteiger partial charge in [-0.05, 0) is 56.2 Å². The van der Waals surface area contributed by atoms with Crippen LogP contribution in [0.4, 0.5) is 14.9 Å². The van der Waals surface area contributed by atoms with Crippen LogP contribution in [-0.4, -0.2) is 34.8 Å². The fraction of sp³-hybridized carbons (Fsp3) is 0.500. The molecule has 3 rings (SSSR count). The molecule has 1 aliphatic heterocycles. The van der Waals surface area contributed by atoms with E-state index in [2.05, 4.69) is 17.6 Å². The second-order valence-electron chi connectivity index (χ2n) is 7.10. The van der Waals surface area contributed by atoms with Crippen LogP contribution in [0.5, 0.6) is 0 Å².